The van der Waals surface area contributed by atoms with Crippen molar-refractivity contribution in [1.82, 2.24) is 4.98 Å². The van der Waals surface area contributed by atoms with Crippen molar-refractivity contribution < 1.29 is 9.66 Å². The Balaban J connectivity index is 2.16. The Bertz CT molecular complexity index is 641. The van der Waals surface area contributed by atoms with E-state index in [1.165, 1.54) is 12.1 Å². The van der Waals surface area contributed by atoms with Gasteiger partial charge in [0.2, 0.25) is 0 Å². The monoisotopic (exact) mass is 287 g/mol. The lowest BCUT2D eigenvalue weighted by Gasteiger charge is -2.11. The third kappa shape index (κ3) is 3.55. The number of non-ortho nitro benzene ring substituents is 1. The highest BCUT2D eigenvalue weighted by atomic mass is 16.6. The van der Waals surface area contributed by atoms with Gasteiger partial charge >= 0.3 is 0 Å². The van der Waals surface area contributed by atoms with Gasteiger partial charge < -0.3 is 10.5 Å². The number of benzene rings is 1. The maximum absolute atomic E-state index is 10.7. The molecule has 0 saturated heterocycles. The lowest BCUT2D eigenvalue weighted by atomic mass is 10.1. The number of aryl methyl sites for hydroxylation is 1. The summed E-state index contributed by atoms with van der Waals surface area (Å²) in [5, 5.41) is 10.7. The SMILES string of the molecule is CCC(N)c1ccc(Oc2ccc([N+](=O)[O-])cc2C)cn1. The molecular weight excluding hydrogens is 270 g/mol. The van der Waals surface area contributed by atoms with E-state index in [1.807, 2.05) is 13.0 Å². The number of hydrogen-bond acceptors (Lipinski definition) is 5. The summed E-state index contributed by atoms with van der Waals surface area (Å²) in [5.41, 5.74) is 7.45. The number of nitrogens with two attached hydrogens (primary N) is 1. The first-order valence-electron chi connectivity index (χ1n) is 6.65. The number of nitro groups is 1. The molecule has 6 nitrogen and oxygen atoms in total. The van der Waals surface area contributed by atoms with Gasteiger partial charge in [0.25, 0.3) is 5.69 Å². The molecule has 1 unspecified atom stereocenters. The van der Waals surface area contributed by atoms with E-state index in [2.05, 4.69) is 4.98 Å². The van der Waals surface area contributed by atoms with E-state index in [0.29, 0.717) is 17.1 Å². The number of hydrogen-bond donors (Lipinski definition) is 1. The molecule has 0 amide bonds. The van der Waals surface area contributed by atoms with Crippen LogP contribution >= 0.6 is 0 Å². The second-order valence-electron chi connectivity index (χ2n) is 4.74. The fraction of sp³-hybridized carbons (Fsp3) is 0.267. The van der Waals surface area contributed by atoms with E-state index in [9.17, 15) is 10.1 Å². The summed E-state index contributed by atoms with van der Waals surface area (Å²) < 4.78 is 5.69. The molecule has 1 aromatic heterocycles. The third-order valence-corrected chi connectivity index (χ3v) is 3.18. The molecule has 0 fully saturated rings. The molecule has 21 heavy (non-hydrogen) atoms. The van der Waals surface area contributed by atoms with E-state index < -0.39 is 4.92 Å². The van der Waals surface area contributed by atoms with Crippen molar-refractivity contribution in [2.24, 2.45) is 5.73 Å². The van der Waals surface area contributed by atoms with E-state index >= 15 is 0 Å². The van der Waals surface area contributed by atoms with Gasteiger partial charge in [-0.3, -0.25) is 15.1 Å². The molecule has 0 aliphatic rings. The first-order chi connectivity index (χ1) is 10.0. The number of rotatable bonds is 5. The van der Waals surface area contributed by atoms with Crippen molar-refractivity contribution in [1.29, 1.82) is 0 Å². The molecule has 2 rings (SSSR count). The molecule has 6 heteroatoms. The van der Waals surface area contributed by atoms with Gasteiger partial charge in [0.1, 0.15) is 11.5 Å². The van der Waals surface area contributed by atoms with Crippen molar-refractivity contribution in [2.45, 2.75) is 26.3 Å². The van der Waals surface area contributed by atoms with Crippen LogP contribution in [0, 0.1) is 17.0 Å². The van der Waals surface area contributed by atoms with Gasteiger partial charge in [0.15, 0.2) is 0 Å². The molecule has 0 spiro atoms. The molecule has 2 aromatic rings. The summed E-state index contributed by atoms with van der Waals surface area (Å²) in [7, 11) is 0. The number of ether oxygens (including phenoxy) is 1. The quantitative estimate of drug-likeness (QED) is 0.671. The molecular formula is C15H17N3O3. The van der Waals surface area contributed by atoms with Crippen molar-refractivity contribution in [3.8, 4) is 11.5 Å². The molecule has 110 valence electrons. The van der Waals surface area contributed by atoms with E-state index in [1.54, 1.807) is 25.3 Å². The van der Waals surface area contributed by atoms with Crippen LogP contribution in [0.1, 0.15) is 30.6 Å². The second-order valence-corrected chi connectivity index (χ2v) is 4.74. The standard InChI is InChI=1S/C15H17N3O3/c1-3-13(16)14-6-5-12(9-17-14)21-15-7-4-11(18(19)20)8-10(15)2/h4-9,13H,3,16H2,1-2H3. The Hall–Kier alpha value is -2.47. The summed E-state index contributed by atoms with van der Waals surface area (Å²) >= 11 is 0. The lowest BCUT2D eigenvalue weighted by Crippen LogP contribution is -2.10. The summed E-state index contributed by atoms with van der Waals surface area (Å²) in [6.45, 7) is 3.76. The zero-order valence-electron chi connectivity index (χ0n) is 11.9. The smallest absolute Gasteiger partial charge is 0.269 e. The van der Waals surface area contributed by atoms with Gasteiger partial charge in [0.05, 0.1) is 16.8 Å². The van der Waals surface area contributed by atoms with Crippen LogP contribution in [0.25, 0.3) is 0 Å². The predicted octanol–water partition coefficient (Wildman–Crippen LogP) is 3.50. The van der Waals surface area contributed by atoms with Crippen molar-refractivity contribution >= 4 is 5.69 Å². The fourth-order valence-corrected chi connectivity index (χ4v) is 1.87. The average molecular weight is 287 g/mol. The molecule has 0 aliphatic carbocycles. The maximum atomic E-state index is 10.7. The highest BCUT2D eigenvalue weighted by Gasteiger charge is 2.10. The highest BCUT2D eigenvalue weighted by Crippen LogP contribution is 2.28. The van der Waals surface area contributed by atoms with Crippen LogP contribution in [0.2, 0.25) is 0 Å². The lowest BCUT2D eigenvalue weighted by molar-refractivity contribution is -0.384. The molecule has 1 aromatic carbocycles. The number of aromatic nitrogens is 1. The molecule has 0 bridgehead atoms. The van der Waals surface area contributed by atoms with Gasteiger partial charge in [-0.2, -0.15) is 0 Å². The molecule has 1 heterocycles. The van der Waals surface area contributed by atoms with E-state index in [4.69, 9.17) is 10.5 Å². The third-order valence-electron chi connectivity index (χ3n) is 3.18. The predicted molar refractivity (Wildman–Crippen MR) is 79.4 cm³/mol. The summed E-state index contributed by atoms with van der Waals surface area (Å²) in [6, 6.07) is 8.00. The maximum Gasteiger partial charge on any atom is 0.269 e. The van der Waals surface area contributed by atoms with Gasteiger partial charge in [-0.25, -0.2) is 0 Å². The van der Waals surface area contributed by atoms with Crippen LogP contribution in [0.5, 0.6) is 11.5 Å². The van der Waals surface area contributed by atoms with Crippen LogP contribution in [-0.4, -0.2) is 9.91 Å². The minimum atomic E-state index is -0.431. The van der Waals surface area contributed by atoms with Gasteiger partial charge in [-0.15, -0.1) is 0 Å². The highest BCUT2D eigenvalue weighted by molar-refractivity contribution is 5.44. The second kappa shape index (κ2) is 6.32. The Morgan fingerprint density at radius 3 is 2.67 bits per heavy atom. The van der Waals surface area contributed by atoms with E-state index in [0.717, 1.165) is 12.1 Å². The molecule has 0 aliphatic heterocycles. The van der Waals surface area contributed by atoms with Gasteiger partial charge in [-0.1, -0.05) is 6.92 Å². The average Bonchev–Trinajstić information content (AvgIpc) is 2.49. The Morgan fingerprint density at radius 2 is 2.14 bits per heavy atom. The zero-order chi connectivity index (χ0) is 15.4. The van der Waals surface area contributed by atoms with Crippen LogP contribution in [0.3, 0.4) is 0 Å². The summed E-state index contributed by atoms with van der Waals surface area (Å²) in [5.74, 6) is 1.13. The fourth-order valence-electron chi connectivity index (χ4n) is 1.87. The van der Waals surface area contributed by atoms with Crippen molar-refractivity contribution in [2.75, 3.05) is 0 Å². The normalized spacial score (nSPS) is 12.0. The van der Waals surface area contributed by atoms with Gasteiger partial charge in [-0.05, 0) is 37.1 Å². The molecule has 1 atom stereocenters. The Labute approximate surface area is 122 Å². The molecule has 0 saturated carbocycles. The molecule has 2 N–H and O–H groups in total. The number of nitrogens with zero attached hydrogens (tertiary/aromatic N) is 2. The topological polar surface area (TPSA) is 91.3 Å². The van der Waals surface area contributed by atoms with Gasteiger partial charge in [0, 0.05) is 18.2 Å². The van der Waals surface area contributed by atoms with E-state index in [-0.39, 0.29) is 11.7 Å². The number of pyridine rings is 1. The minimum Gasteiger partial charge on any atom is -0.455 e. The first kappa shape index (κ1) is 14.9. The number of nitro benzene ring substituents is 1. The van der Waals surface area contributed by atoms with Crippen molar-refractivity contribution in [3.05, 3.63) is 57.9 Å². The van der Waals surface area contributed by atoms with Crippen LogP contribution in [0.4, 0.5) is 5.69 Å². The Morgan fingerprint density at radius 1 is 1.38 bits per heavy atom. The zero-order valence-corrected chi connectivity index (χ0v) is 11.9. The Kier molecular flexibility index (Phi) is 4.49. The summed E-state index contributed by atoms with van der Waals surface area (Å²) in [6.07, 6.45) is 2.42. The van der Waals surface area contributed by atoms with Crippen LogP contribution in [0.15, 0.2) is 36.5 Å². The minimum absolute atomic E-state index is 0.0437. The van der Waals surface area contributed by atoms with Crippen molar-refractivity contribution in [3.63, 3.8) is 0 Å². The molecule has 0 radical (unpaired) electrons. The summed E-state index contributed by atoms with van der Waals surface area (Å²) in [4.78, 5) is 14.5. The van der Waals surface area contributed by atoms with Crippen LogP contribution < -0.4 is 10.5 Å². The first-order valence-corrected chi connectivity index (χ1v) is 6.65. The van der Waals surface area contributed by atoms with Crippen LogP contribution in [-0.2, 0) is 0 Å². The largest absolute Gasteiger partial charge is 0.455 e.